The van der Waals surface area contributed by atoms with Crippen LogP contribution in [0.15, 0.2) is 24.3 Å². The predicted octanol–water partition coefficient (Wildman–Crippen LogP) is 1.94. The summed E-state index contributed by atoms with van der Waals surface area (Å²) < 4.78 is 0. The number of hydrogen-bond acceptors (Lipinski definition) is 2. The van der Waals surface area contributed by atoms with Crippen molar-refractivity contribution >= 4 is 5.91 Å². The molecule has 1 aromatic rings. The molecule has 0 aliphatic rings. The molecule has 94 valence electrons. The lowest BCUT2D eigenvalue weighted by Gasteiger charge is -2.19. The van der Waals surface area contributed by atoms with Gasteiger partial charge in [-0.3, -0.25) is 4.79 Å². The molecule has 0 spiro atoms. The zero-order valence-corrected chi connectivity index (χ0v) is 11.1. The molecule has 0 saturated carbocycles. The van der Waals surface area contributed by atoms with Crippen LogP contribution in [-0.2, 0) is 4.79 Å². The molecule has 0 aromatic heterocycles. The molecular weight excluding hydrogens is 212 g/mol. The molecule has 0 aliphatic carbocycles. The minimum atomic E-state index is -0.230. The van der Waals surface area contributed by atoms with Crippen molar-refractivity contribution in [2.45, 2.75) is 25.7 Å². The van der Waals surface area contributed by atoms with Crippen LogP contribution in [0.5, 0.6) is 0 Å². The molecule has 3 heteroatoms. The summed E-state index contributed by atoms with van der Waals surface area (Å²) in [5.74, 6) is 0.334. The van der Waals surface area contributed by atoms with Gasteiger partial charge in [-0.25, -0.2) is 0 Å². The number of carbonyl (C=O) groups is 1. The zero-order chi connectivity index (χ0) is 13.0. The number of amides is 1. The summed E-state index contributed by atoms with van der Waals surface area (Å²) in [6, 6.07) is 8.17. The van der Waals surface area contributed by atoms with E-state index in [1.165, 1.54) is 5.56 Å². The standard InChI is InChI=1S/C14H22N2O/c1-10(2)11-5-7-12(8-6-11)13(9-15)14(17)16(3)4/h5-8,10,13H,9,15H2,1-4H3. The second-order valence-corrected chi connectivity index (χ2v) is 4.84. The van der Waals surface area contributed by atoms with Crippen LogP contribution in [0.4, 0.5) is 0 Å². The molecule has 2 N–H and O–H groups in total. The number of rotatable bonds is 4. The van der Waals surface area contributed by atoms with E-state index in [0.29, 0.717) is 12.5 Å². The summed E-state index contributed by atoms with van der Waals surface area (Å²) in [5.41, 5.74) is 7.97. The van der Waals surface area contributed by atoms with E-state index in [4.69, 9.17) is 5.73 Å². The Hall–Kier alpha value is -1.35. The first-order valence-electron chi connectivity index (χ1n) is 5.98. The van der Waals surface area contributed by atoms with E-state index in [2.05, 4.69) is 26.0 Å². The van der Waals surface area contributed by atoms with Crippen molar-refractivity contribution in [2.24, 2.45) is 5.73 Å². The number of nitrogens with zero attached hydrogens (tertiary/aromatic N) is 1. The Morgan fingerprint density at radius 1 is 1.18 bits per heavy atom. The quantitative estimate of drug-likeness (QED) is 0.865. The first kappa shape index (κ1) is 13.7. The van der Waals surface area contributed by atoms with Gasteiger partial charge in [0.2, 0.25) is 5.91 Å². The number of benzene rings is 1. The Balaban J connectivity index is 2.93. The predicted molar refractivity (Wildman–Crippen MR) is 71.0 cm³/mol. The summed E-state index contributed by atoms with van der Waals surface area (Å²) >= 11 is 0. The second kappa shape index (κ2) is 5.82. The van der Waals surface area contributed by atoms with Crippen molar-refractivity contribution in [3.63, 3.8) is 0 Å². The van der Waals surface area contributed by atoms with Gasteiger partial charge in [-0.1, -0.05) is 38.1 Å². The largest absolute Gasteiger partial charge is 0.348 e. The number of carbonyl (C=O) groups excluding carboxylic acids is 1. The van der Waals surface area contributed by atoms with Crippen molar-refractivity contribution in [1.29, 1.82) is 0 Å². The molecule has 17 heavy (non-hydrogen) atoms. The first-order chi connectivity index (χ1) is 7.97. The lowest BCUT2D eigenvalue weighted by Crippen LogP contribution is -2.32. The lowest BCUT2D eigenvalue weighted by atomic mass is 9.94. The van der Waals surface area contributed by atoms with Crippen LogP contribution in [0.2, 0.25) is 0 Å². The Labute approximate surface area is 104 Å². The number of hydrogen-bond donors (Lipinski definition) is 1. The molecule has 1 rings (SSSR count). The van der Waals surface area contributed by atoms with Gasteiger partial charge in [0.15, 0.2) is 0 Å². The van der Waals surface area contributed by atoms with Crippen LogP contribution in [0.3, 0.4) is 0 Å². The molecule has 0 aliphatic heterocycles. The highest BCUT2D eigenvalue weighted by atomic mass is 16.2. The van der Waals surface area contributed by atoms with E-state index in [1.807, 2.05) is 12.1 Å². The van der Waals surface area contributed by atoms with Gasteiger partial charge in [0.25, 0.3) is 0 Å². The minimum Gasteiger partial charge on any atom is -0.348 e. The molecular formula is C14H22N2O. The maximum absolute atomic E-state index is 11.9. The highest BCUT2D eigenvalue weighted by molar-refractivity contribution is 5.83. The van der Waals surface area contributed by atoms with Crippen LogP contribution in [-0.4, -0.2) is 31.4 Å². The van der Waals surface area contributed by atoms with Gasteiger partial charge in [0.05, 0.1) is 5.92 Å². The van der Waals surface area contributed by atoms with E-state index in [1.54, 1.807) is 19.0 Å². The Bertz CT molecular complexity index is 368. The van der Waals surface area contributed by atoms with E-state index in [-0.39, 0.29) is 11.8 Å². The van der Waals surface area contributed by atoms with E-state index >= 15 is 0 Å². The van der Waals surface area contributed by atoms with E-state index in [0.717, 1.165) is 5.56 Å². The smallest absolute Gasteiger partial charge is 0.230 e. The maximum Gasteiger partial charge on any atom is 0.230 e. The molecule has 3 nitrogen and oxygen atoms in total. The maximum atomic E-state index is 11.9. The highest BCUT2D eigenvalue weighted by Crippen LogP contribution is 2.20. The molecule has 0 saturated heterocycles. The highest BCUT2D eigenvalue weighted by Gasteiger charge is 2.20. The van der Waals surface area contributed by atoms with Crippen molar-refractivity contribution in [3.8, 4) is 0 Å². The third-order valence-electron chi connectivity index (χ3n) is 2.98. The monoisotopic (exact) mass is 234 g/mol. The summed E-state index contributed by atoms with van der Waals surface area (Å²) in [4.78, 5) is 13.5. The Morgan fingerprint density at radius 2 is 1.65 bits per heavy atom. The molecule has 0 bridgehead atoms. The van der Waals surface area contributed by atoms with Gasteiger partial charge in [0, 0.05) is 20.6 Å². The topological polar surface area (TPSA) is 46.3 Å². The molecule has 1 unspecified atom stereocenters. The third-order valence-corrected chi connectivity index (χ3v) is 2.98. The summed E-state index contributed by atoms with van der Waals surface area (Å²) in [7, 11) is 3.51. The molecule has 1 aromatic carbocycles. The fourth-order valence-corrected chi connectivity index (χ4v) is 1.80. The van der Waals surface area contributed by atoms with Crippen molar-refractivity contribution in [1.82, 2.24) is 4.90 Å². The molecule has 0 fully saturated rings. The van der Waals surface area contributed by atoms with Crippen LogP contribution in [0.1, 0.15) is 36.8 Å². The van der Waals surface area contributed by atoms with E-state index in [9.17, 15) is 4.79 Å². The number of likely N-dealkylation sites (N-methyl/N-ethyl adjacent to an activating group) is 1. The van der Waals surface area contributed by atoms with Crippen molar-refractivity contribution in [3.05, 3.63) is 35.4 Å². The Kier molecular flexibility index (Phi) is 4.70. The molecule has 0 heterocycles. The lowest BCUT2D eigenvalue weighted by molar-refractivity contribution is -0.130. The minimum absolute atomic E-state index is 0.0600. The van der Waals surface area contributed by atoms with Crippen LogP contribution < -0.4 is 5.73 Å². The molecule has 1 atom stereocenters. The molecule has 0 radical (unpaired) electrons. The summed E-state index contributed by atoms with van der Waals surface area (Å²) in [6.07, 6.45) is 0. The SMILES string of the molecule is CC(C)c1ccc(C(CN)C(=O)N(C)C)cc1. The van der Waals surface area contributed by atoms with Crippen molar-refractivity contribution < 1.29 is 4.79 Å². The van der Waals surface area contributed by atoms with Gasteiger partial charge < -0.3 is 10.6 Å². The van der Waals surface area contributed by atoms with Crippen LogP contribution in [0.25, 0.3) is 0 Å². The van der Waals surface area contributed by atoms with Gasteiger partial charge >= 0.3 is 0 Å². The summed E-state index contributed by atoms with van der Waals surface area (Å²) in [6.45, 7) is 4.65. The average molecular weight is 234 g/mol. The first-order valence-corrected chi connectivity index (χ1v) is 5.98. The van der Waals surface area contributed by atoms with Crippen LogP contribution >= 0.6 is 0 Å². The third kappa shape index (κ3) is 3.30. The molecule has 1 amide bonds. The van der Waals surface area contributed by atoms with Gasteiger partial charge in [-0.2, -0.15) is 0 Å². The fourth-order valence-electron chi connectivity index (χ4n) is 1.80. The van der Waals surface area contributed by atoms with Gasteiger partial charge in [-0.05, 0) is 17.0 Å². The average Bonchev–Trinajstić information content (AvgIpc) is 2.30. The zero-order valence-electron chi connectivity index (χ0n) is 11.1. The number of nitrogens with two attached hydrogens (primary N) is 1. The fraction of sp³-hybridized carbons (Fsp3) is 0.500. The summed E-state index contributed by atoms with van der Waals surface area (Å²) in [5, 5.41) is 0. The van der Waals surface area contributed by atoms with Crippen LogP contribution in [0, 0.1) is 0 Å². The Morgan fingerprint density at radius 3 is 2.00 bits per heavy atom. The van der Waals surface area contributed by atoms with Gasteiger partial charge in [0.1, 0.15) is 0 Å². The van der Waals surface area contributed by atoms with Crippen molar-refractivity contribution in [2.75, 3.05) is 20.6 Å². The van der Waals surface area contributed by atoms with E-state index < -0.39 is 0 Å². The van der Waals surface area contributed by atoms with Gasteiger partial charge in [-0.15, -0.1) is 0 Å². The second-order valence-electron chi connectivity index (χ2n) is 4.84. The normalized spacial score (nSPS) is 12.6.